The summed E-state index contributed by atoms with van der Waals surface area (Å²) in [6, 6.07) is 20.3. The number of hydrogen-bond donors (Lipinski definition) is 2. The fraction of sp³-hybridized carbons (Fsp3) is 0.286. The lowest BCUT2D eigenvalue weighted by Gasteiger charge is -2.48. The van der Waals surface area contributed by atoms with Crippen molar-refractivity contribution >= 4 is 66.9 Å². The number of benzene rings is 3. The predicted octanol–water partition coefficient (Wildman–Crippen LogP) is 6.94. The van der Waals surface area contributed by atoms with Gasteiger partial charge in [0.25, 0.3) is 0 Å². The van der Waals surface area contributed by atoms with E-state index in [0.717, 1.165) is 25.8 Å². The van der Waals surface area contributed by atoms with Crippen molar-refractivity contribution in [1.29, 1.82) is 0 Å². The van der Waals surface area contributed by atoms with Gasteiger partial charge in [0.1, 0.15) is 10.6 Å². The molecule has 2 aliphatic heterocycles. The SMILES string of the molecule is COC(=O)C[C@@H]1CS[C@]2(C(=O)Nc3cccc(Br)c32)[C@H](c2ccc(Br)cc2)[C@H]1CNc1ccccc1F. The van der Waals surface area contributed by atoms with Gasteiger partial charge in [-0.1, -0.05) is 62.2 Å². The van der Waals surface area contributed by atoms with Gasteiger partial charge >= 0.3 is 5.97 Å². The van der Waals surface area contributed by atoms with Crippen LogP contribution in [-0.4, -0.2) is 31.3 Å². The second-order valence-electron chi connectivity index (χ2n) is 9.26. The number of halogens is 3. The van der Waals surface area contributed by atoms with Crippen molar-refractivity contribution in [2.24, 2.45) is 11.8 Å². The van der Waals surface area contributed by atoms with Crippen molar-refractivity contribution in [2.75, 3.05) is 30.0 Å². The fourth-order valence-corrected chi connectivity index (χ4v) is 8.52. The summed E-state index contributed by atoms with van der Waals surface area (Å²) in [5.74, 6) is -0.767. The summed E-state index contributed by atoms with van der Waals surface area (Å²) in [5, 5.41) is 6.39. The third kappa shape index (κ3) is 4.81. The monoisotopic (exact) mass is 646 g/mol. The van der Waals surface area contributed by atoms with Crippen LogP contribution in [0.15, 0.2) is 75.7 Å². The highest BCUT2D eigenvalue weighted by Crippen LogP contribution is 2.63. The molecule has 37 heavy (non-hydrogen) atoms. The van der Waals surface area contributed by atoms with Gasteiger partial charge < -0.3 is 15.4 Å². The number of amides is 1. The van der Waals surface area contributed by atoms with Crippen LogP contribution in [0.3, 0.4) is 0 Å². The summed E-state index contributed by atoms with van der Waals surface area (Å²) in [4.78, 5) is 26.4. The summed E-state index contributed by atoms with van der Waals surface area (Å²) in [7, 11) is 1.39. The lowest BCUT2D eigenvalue weighted by molar-refractivity contribution is -0.142. The third-order valence-corrected chi connectivity index (χ3v) is 10.1. The molecule has 192 valence electrons. The molecule has 0 bridgehead atoms. The van der Waals surface area contributed by atoms with Gasteiger partial charge in [0.05, 0.1) is 12.8 Å². The van der Waals surface area contributed by atoms with Crippen molar-refractivity contribution in [3.63, 3.8) is 0 Å². The number of carbonyl (C=O) groups excluding carboxylic acids is 2. The highest BCUT2D eigenvalue weighted by molar-refractivity contribution is 9.10. The number of esters is 1. The number of nitrogens with one attached hydrogen (secondary N) is 2. The molecule has 0 radical (unpaired) electrons. The Morgan fingerprint density at radius 2 is 1.89 bits per heavy atom. The predicted molar refractivity (Wildman–Crippen MR) is 152 cm³/mol. The number of thioether (sulfide) groups is 1. The van der Waals surface area contributed by atoms with Crippen LogP contribution in [0.4, 0.5) is 15.8 Å². The summed E-state index contributed by atoms with van der Waals surface area (Å²) < 4.78 is 20.4. The van der Waals surface area contributed by atoms with Gasteiger partial charge in [-0.25, -0.2) is 4.39 Å². The van der Waals surface area contributed by atoms with Gasteiger partial charge in [-0.15, -0.1) is 11.8 Å². The quantitative estimate of drug-likeness (QED) is 0.284. The molecule has 1 spiro atoms. The maximum Gasteiger partial charge on any atom is 0.305 e. The number of hydrogen-bond acceptors (Lipinski definition) is 5. The minimum Gasteiger partial charge on any atom is -0.469 e. The molecule has 5 rings (SSSR count). The molecule has 0 unspecified atom stereocenters. The normalized spacial score (nSPS) is 24.4. The minimum atomic E-state index is -0.933. The van der Waals surface area contributed by atoms with E-state index in [1.165, 1.54) is 13.2 Å². The van der Waals surface area contributed by atoms with Crippen molar-refractivity contribution < 1.29 is 18.7 Å². The molecule has 1 fully saturated rings. The zero-order valence-corrected chi connectivity index (χ0v) is 24.0. The number of fused-ring (bicyclic) bond motifs is 2. The Morgan fingerprint density at radius 1 is 1.14 bits per heavy atom. The molecule has 2 N–H and O–H groups in total. The highest BCUT2D eigenvalue weighted by atomic mass is 79.9. The Morgan fingerprint density at radius 3 is 2.62 bits per heavy atom. The standard InChI is InChI=1S/C28H25Br2FN2O3S/c1-36-24(34)13-17-15-37-28(26-20(30)5-4-8-23(26)33-27(28)35)25(16-9-11-18(29)12-10-16)19(17)14-32-22-7-3-2-6-21(22)31/h2-12,17,19,25,32H,13-15H2,1H3,(H,33,35)/t17-,19+,25-,28-/m1/s1. The van der Waals surface area contributed by atoms with E-state index in [4.69, 9.17) is 4.74 Å². The van der Waals surface area contributed by atoms with Crippen LogP contribution in [0.2, 0.25) is 0 Å². The van der Waals surface area contributed by atoms with Crippen molar-refractivity contribution in [2.45, 2.75) is 17.1 Å². The smallest absolute Gasteiger partial charge is 0.305 e. The van der Waals surface area contributed by atoms with E-state index in [1.54, 1.807) is 30.0 Å². The lowest BCUT2D eigenvalue weighted by atomic mass is 9.68. The Balaban J connectivity index is 1.66. The number of para-hydroxylation sites is 1. The average molecular weight is 648 g/mol. The van der Waals surface area contributed by atoms with E-state index in [-0.39, 0.29) is 41.9 Å². The first kappa shape index (κ1) is 26.3. The van der Waals surface area contributed by atoms with Gasteiger partial charge in [0.2, 0.25) is 5.91 Å². The number of anilines is 2. The summed E-state index contributed by atoms with van der Waals surface area (Å²) >= 11 is 8.81. The summed E-state index contributed by atoms with van der Waals surface area (Å²) in [5.41, 5.74) is 3.05. The molecular formula is C28H25Br2FN2O3S. The Kier molecular flexibility index (Phi) is 7.65. The van der Waals surface area contributed by atoms with Crippen LogP contribution in [0.25, 0.3) is 0 Å². The second-order valence-corrected chi connectivity index (χ2v) is 12.3. The minimum absolute atomic E-state index is 0.0836. The highest BCUT2D eigenvalue weighted by Gasteiger charge is 2.60. The van der Waals surface area contributed by atoms with E-state index >= 15 is 0 Å². The maximum absolute atomic E-state index is 14.6. The summed E-state index contributed by atoms with van der Waals surface area (Å²) in [6.07, 6.45) is 0.209. The maximum atomic E-state index is 14.6. The zero-order chi connectivity index (χ0) is 26.2. The van der Waals surface area contributed by atoms with E-state index in [2.05, 4.69) is 42.5 Å². The molecular weight excluding hydrogens is 623 g/mol. The molecule has 1 saturated heterocycles. The molecule has 3 aromatic rings. The van der Waals surface area contributed by atoms with E-state index in [0.29, 0.717) is 18.0 Å². The Hall–Kier alpha value is -2.36. The average Bonchev–Trinajstić information content (AvgIpc) is 3.17. The van der Waals surface area contributed by atoms with Gasteiger partial charge in [0, 0.05) is 39.1 Å². The third-order valence-electron chi connectivity index (χ3n) is 7.25. The number of rotatable bonds is 6. The van der Waals surface area contributed by atoms with Crippen LogP contribution in [0.1, 0.15) is 23.5 Å². The van der Waals surface area contributed by atoms with Crippen LogP contribution in [-0.2, 0) is 19.1 Å². The molecule has 0 saturated carbocycles. The first-order chi connectivity index (χ1) is 17.8. The molecule has 9 heteroatoms. The summed E-state index contributed by atoms with van der Waals surface area (Å²) in [6.45, 7) is 0.374. The molecule has 4 atom stereocenters. The van der Waals surface area contributed by atoms with Gasteiger partial charge in [-0.2, -0.15) is 0 Å². The molecule has 3 aromatic carbocycles. The molecule has 5 nitrogen and oxygen atoms in total. The van der Waals surface area contributed by atoms with Gasteiger partial charge in [-0.3, -0.25) is 9.59 Å². The van der Waals surface area contributed by atoms with E-state index < -0.39 is 4.75 Å². The van der Waals surface area contributed by atoms with Crippen molar-refractivity contribution in [3.05, 3.63) is 92.6 Å². The Labute approximate surface area is 236 Å². The largest absolute Gasteiger partial charge is 0.469 e. The number of methoxy groups -OCH3 is 1. The second kappa shape index (κ2) is 10.8. The van der Waals surface area contributed by atoms with Crippen LogP contribution >= 0.6 is 43.6 Å². The first-order valence-electron chi connectivity index (χ1n) is 11.9. The van der Waals surface area contributed by atoms with E-state index in [9.17, 15) is 14.0 Å². The fourth-order valence-electron chi connectivity index (χ4n) is 5.57. The Bertz CT molecular complexity index is 1340. The first-order valence-corrected chi connectivity index (χ1v) is 14.5. The molecule has 0 aromatic heterocycles. The lowest BCUT2D eigenvalue weighted by Crippen LogP contribution is -2.50. The molecule has 2 aliphatic rings. The van der Waals surface area contributed by atoms with Gasteiger partial charge in [-0.05, 0) is 59.6 Å². The topological polar surface area (TPSA) is 67.4 Å². The zero-order valence-electron chi connectivity index (χ0n) is 20.0. The number of carbonyl (C=O) groups is 2. The van der Waals surface area contributed by atoms with Crippen molar-refractivity contribution in [3.8, 4) is 0 Å². The van der Waals surface area contributed by atoms with Gasteiger partial charge in [0.15, 0.2) is 0 Å². The van der Waals surface area contributed by atoms with E-state index in [1.807, 2.05) is 42.5 Å². The molecule has 1 amide bonds. The molecule has 0 aliphatic carbocycles. The van der Waals surface area contributed by atoms with Crippen molar-refractivity contribution in [1.82, 2.24) is 0 Å². The van der Waals surface area contributed by atoms with Crippen LogP contribution in [0, 0.1) is 17.7 Å². The number of ether oxygens (including phenoxy) is 1. The molecule has 2 heterocycles. The van der Waals surface area contributed by atoms with Crippen LogP contribution in [0.5, 0.6) is 0 Å². The van der Waals surface area contributed by atoms with Crippen LogP contribution < -0.4 is 10.6 Å².